The fourth-order valence-corrected chi connectivity index (χ4v) is 0.980. The average molecular weight is 186 g/mol. The van der Waals surface area contributed by atoms with Gasteiger partial charge >= 0.3 is 29.6 Å². The first-order chi connectivity index (χ1) is 5.77. The fraction of sp³-hybridized carbons (Fsp3) is 0.200. The van der Waals surface area contributed by atoms with E-state index in [9.17, 15) is 5.11 Å². The zero-order valence-corrected chi connectivity index (χ0v) is 10.2. The minimum Gasteiger partial charge on any atom is -0.870 e. The summed E-state index contributed by atoms with van der Waals surface area (Å²) in [7, 11) is 1.50. The molecule has 1 aromatic carbocycles. The molecule has 0 bridgehead atoms. The maximum absolute atomic E-state index is 11.1. The van der Waals surface area contributed by atoms with E-state index in [1.807, 2.05) is 19.1 Å². The van der Waals surface area contributed by atoms with E-state index >= 15 is 0 Å². The Bertz CT molecular complexity index is 295. The number of allylic oxidation sites excluding steroid dienone is 1. The first-order valence-electron chi connectivity index (χ1n) is 3.75. The van der Waals surface area contributed by atoms with Crippen molar-refractivity contribution in [3.05, 3.63) is 29.8 Å². The topological polar surface area (TPSA) is 32.3 Å². The third-order valence-electron chi connectivity index (χ3n) is 1.55. The quantitative estimate of drug-likeness (QED) is 0.544. The molecule has 0 fully saturated rings. The van der Waals surface area contributed by atoms with Crippen molar-refractivity contribution in [3.63, 3.8) is 0 Å². The first-order valence-corrected chi connectivity index (χ1v) is 3.75. The Morgan fingerprint density at radius 1 is 1.38 bits per heavy atom. The van der Waals surface area contributed by atoms with Gasteiger partial charge in [-0.1, -0.05) is 30.0 Å². The zero-order valence-electron chi connectivity index (χ0n) is 8.20. The van der Waals surface area contributed by atoms with Crippen molar-refractivity contribution < 1.29 is 39.4 Å². The molecular weight excluding hydrogens is 175 g/mol. The van der Waals surface area contributed by atoms with Crippen molar-refractivity contribution in [2.75, 3.05) is 7.11 Å². The molecule has 0 atom stereocenters. The van der Waals surface area contributed by atoms with E-state index in [4.69, 9.17) is 4.74 Å². The normalized spacial score (nSPS) is 9.69. The van der Waals surface area contributed by atoms with Gasteiger partial charge in [-0.2, -0.15) is 0 Å². The predicted molar refractivity (Wildman–Crippen MR) is 47.1 cm³/mol. The van der Waals surface area contributed by atoms with Gasteiger partial charge in [-0.05, 0) is 18.6 Å². The molecule has 1 aromatic rings. The summed E-state index contributed by atoms with van der Waals surface area (Å²) < 4.78 is 4.89. The van der Waals surface area contributed by atoms with E-state index in [-0.39, 0.29) is 35.3 Å². The van der Waals surface area contributed by atoms with Gasteiger partial charge in [0.15, 0.2) is 0 Å². The Balaban J connectivity index is 0.00000144. The van der Waals surface area contributed by atoms with Crippen LogP contribution in [0.1, 0.15) is 12.5 Å². The summed E-state index contributed by atoms with van der Waals surface area (Å²) in [6.07, 6.45) is 3.83. The molecule has 64 valence electrons. The summed E-state index contributed by atoms with van der Waals surface area (Å²) in [5.41, 5.74) is 0.981. The van der Waals surface area contributed by atoms with E-state index in [1.165, 1.54) is 13.2 Å². The van der Waals surface area contributed by atoms with Crippen molar-refractivity contribution in [2.24, 2.45) is 0 Å². The summed E-state index contributed by atoms with van der Waals surface area (Å²) in [4.78, 5) is 0. The van der Waals surface area contributed by atoms with Crippen LogP contribution in [-0.2, 0) is 0 Å². The molecule has 1 rings (SSSR count). The predicted octanol–water partition coefficient (Wildman–Crippen LogP) is -1.19. The molecule has 0 aromatic heterocycles. The van der Waals surface area contributed by atoms with Crippen LogP contribution >= 0.6 is 0 Å². The molecular formula is C10H11NaO2. The molecule has 0 spiro atoms. The van der Waals surface area contributed by atoms with Crippen molar-refractivity contribution >= 4 is 6.08 Å². The smallest absolute Gasteiger partial charge is 0.870 e. The second-order valence-electron chi connectivity index (χ2n) is 2.41. The number of ether oxygens (including phenoxy) is 1. The van der Waals surface area contributed by atoms with E-state index < -0.39 is 0 Å². The minimum absolute atomic E-state index is 0. The molecule has 0 amide bonds. The number of benzene rings is 1. The van der Waals surface area contributed by atoms with Crippen LogP contribution in [0.15, 0.2) is 24.3 Å². The van der Waals surface area contributed by atoms with Crippen LogP contribution < -0.4 is 39.4 Å². The van der Waals surface area contributed by atoms with Gasteiger partial charge in [0, 0.05) is 0 Å². The molecule has 0 aliphatic heterocycles. The Morgan fingerprint density at radius 3 is 2.62 bits per heavy atom. The van der Waals surface area contributed by atoms with E-state index in [0.29, 0.717) is 5.75 Å². The number of hydrogen-bond acceptors (Lipinski definition) is 2. The Labute approximate surface area is 101 Å². The van der Waals surface area contributed by atoms with Crippen LogP contribution in [0.2, 0.25) is 0 Å². The number of rotatable bonds is 2. The van der Waals surface area contributed by atoms with Crippen molar-refractivity contribution in [2.45, 2.75) is 6.92 Å². The maximum atomic E-state index is 11.1. The first kappa shape index (κ1) is 12.6. The van der Waals surface area contributed by atoms with Gasteiger partial charge in [-0.3, -0.25) is 0 Å². The third-order valence-corrected chi connectivity index (χ3v) is 1.55. The van der Waals surface area contributed by atoms with Crippen molar-refractivity contribution in [1.82, 2.24) is 0 Å². The molecule has 2 nitrogen and oxygen atoms in total. The van der Waals surface area contributed by atoms with Gasteiger partial charge in [0.2, 0.25) is 0 Å². The summed E-state index contributed by atoms with van der Waals surface area (Å²) in [6.45, 7) is 1.93. The standard InChI is InChI=1S/C10H12O2.Na/c1-3-4-8-5-6-9(11)10(7-8)12-2;/h3-7,11H,1-2H3;/q;+1/p-1. The van der Waals surface area contributed by atoms with Crippen LogP contribution in [0.3, 0.4) is 0 Å². The molecule has 0 N–H and O–H groups in total. The molecule has 0 aliphatic carbocycles. The molecule has 0 unspecified atom stereocenters. The number of hydrogen-bond donors (Lipinski definition) is 0. The van der Waals surface area contributed by atoms with Gasteiger partial charge in [-0.25, -0.2) is 0 Å². The molecule has 0 saturated carbocycles. The van der Waals surface area contributed by atoms with Crippen molar-refractivity contribution in [1.29, 1.82) is 0 Å². The van der Waals surface area contributed by atoms with E-state index in [2.05, 4.69) is 0 Å². The number of methoxy groups -OCH3 is 1. The van der Waals surface area contributed by atoms with E-state index in [0.717, 1.165) is 5.56 Å². The average Bonchev–Trinajstić information content (AvgIpc) is 2.09. The maximum Gasteiger partial charge on any atom is 1.00 e. The summed E-state index contributed by atoms with van der Waals surface area (Å²) in [6, 6.07) is 5.00. The fourth-order valence-electron chi connectivity index (χ4n) is 0.980. The monoisotopic (exact) mass is 186 g/mol. The zero-order chi connectivity index (χ0) is 8.97. The van der Waals surface area contributed by atoms with Gasteiger partial charge < -0.3 is 9.84 Å². The van der Waals surface area contributed by atoms with Gasteiger partial charge in [0.05, 0.1) is 7.11 Å². The van der Waals surface area contributed by atoms with Gasteiger partial charge in [0.1, 0.15) is 5.75 Å². The Hall–Kier alpha value is -0.440. The molecule has 13 heavy (non-hydrogen) atoms. The van der Waals surface area contributed by atoms with Gasteiger partial charge in [0.25, 0.3) is 0 Å². The third kappa shape index (κ3) is 3.43. The van der Waals surface area contributed by atoms with E-state index in [1.54, 1.807) is 12.1 Å². The summed E-state index contributed by atoms with van der Waals surface area (Å²) in [5, 5.41) is 11.1. The molecule has 0 aliphatic rings. The SMILES string of the molecule is CC=Cc1ccc([O-])c(OC)c1.[Na+]. The Kier molecular flexibility index (Phi) is 5.88. The molecule has 0 heterocycles. The van der Waals surface area contributed by atoms with Crippen LogP contribution in [0.25, 0.3) is 6.08 Å². The van der Waals surface area contributed by atoms with Crippen LogP contribution in [0.5, 0.6) is 11.5 Å². The largest absolute Gasteiger partial charge is 1.00 e. The van der Waals surface area contributed by atoms with Crippen molar-refractivity contribution in [3.8, 4) is 11.5 Å². The molecule has 0 radical (unpaired) electrons. The minimum atomic E-state index is -0.0780. The van der Waals surface area contributed by atoms with Crippen LogP contribution in [-0.4, -0.2) is 7.11 Å². The molecule has 0 saturated heterocycles. The molecule has 3 heteroatoms. The van der Waals surface area contributed by atoms with Gasteiger partial charge in [-0.15, -0.1) is 0 Å². The second-order valence-corrected chi connectivity index (χ2v) is 2.41. The van der Waals surface area contributed by atoms with Crippen LogP contribution in [0.4, 0.5) is 0 Å². The van der Waals surface area contributed by atoms with Crippen LogP contribution in [0, 0.1) is 0 Å². The second kappa shape index (κ2) is 6.08. The summed E-state index contributed by atoms with van der Waals surface area (Å²) in [5.74, 6) is 0.316. The Morgan fingerprint density at radius 2 is 2.08 bits per heavy atom. The summed E-state index contributed by atoms with van der Waals surface area (Å²) >= 11 is 0.